The van der Waals surface area contributed by atoms with E-state index in [0.29, 0.717) is 12.1 Å². The molecule has 3 aliphatic rings. The molecule has 6 heteroatoms. The van der Waals surface area contributed by atoms with Gasteiger partial charge in [-0.15, -0.1) is 11.3 Å². The fourth-order valence-corrected chi connectivity index (χ4v) is 4.79. The largest absolute Gasteiger partial charge is 0.381 e. The van der Waals surface area contributed by atoms with Crippen molar-refractivity contribution >= 4 is 16.5 Å². The summed E-state index contributed by atoms with van der Waals surface area (Å²) in [6.45, 7) is 4.96. The van der Waals surface area contributed by atoms with Crippen LogP contribution in [0.5, 0.6) is 0 Å². The maximum absolute atomic E-state index is 6.31. The Morgan fingerprint density at radius 1 is 1.36 bits per heavy atom. The number of ether oxygens (including phenoxy) is 2. The number of nitrogens with zero attached hydrogens (tertiary/aromatic N) is 2. The van der Waals surface area contributed by atoms with Crippen molar-refractivity contribution in [3.63, 3.8) is 0 Å². The molecule has 0 saturated carbocycles. The Morgan fingerprint density at radius 2 is 2.27 bits per heavy atom. The van der Waals surface area contributed by atoms with Crippen molar-refractivity contribution in [2.45, 2.75) is 49.8 Å². The molecule has 3 fully saturated rings. The zero-order valence-electron chi connectivity index (χ0n) is 13.0. The summed E-state index contributed by atoms with van der Waals surface area (Å²) in [6, 6.07) is 1.10. The summed E-state index contributed by atoms with van der Waals surface area (Å²) in [4.78, 5) is 6.99. The van der Waals surface area contributed by atoms with Crippen LogP contribution >= 0.6 is 11.3 Å². The lowest BCUT2D eigenvalue weighted by atomic mass is 9.87. The van der Waals surface area contributed by atoms with Crippen molar-refractivity contribution in [1.82, 2.24) is 9.88 Å². The molecule has 1 spiro atoms. The van der Waals surface area contributed by atoms with Gasteiger partial charge in [-0.25, -0.2) is 4.98 Å². The Hall–Kier alpha value is -0.690. The predicted molar refractivity (Wildman–Crippen MR) is 87.5 cm³/mol. The number of hydrogen-bond acceptors (Lipinski definition) is 6. The fraction of sp³-hybridized carbons (Fsp3) is 0.812. The van der Waals surface area contributed by atoms with Crippen LogP contribution in [0.3, 0.4) is 0 Å². The second-order valence-electron chi connectivity index (χ2n) is 6.79. The highest BCUT2D eigenvalue weighted by molar-refractivity contribution is 7.13. The number of aromatic nitrogens is 1. The average Bonchev–Trinajstić information content (AvgIpc) is 3.20. The standard InChI is InChI=1S/C16H25N3O2S/c1-4-16(12-19(6-1)14-2-7-20-8-3-14)10-13(11-21-16)18-15-17-5-9-22-15/h5,9,13-14H,1-4,6-8,10-12H2,(H,17,18). The second kappa shape index (κ2) is 6.43. The van der Waals surface area contributed by atoms with E-state index in [4.69, 9.17) is 9.47 Å². The summed E-state index contributed by atoms with van der Waals surface area (Å²) in [5.41, 5.74) is 0.0610. The first-order chi connectivity index (χ1) is 10.8. The molecule has 22 heavy (non-hydrogen) atoms. The van der Waals surface area contributed by atoms with E-state index in [0.717, 1.165) is 37.9 Å². The molecule has 2 atom stereocenters. The van der Waals surface area contributed by atoms with Crippen molar-refractivity contribution in [2.75, 3.05) is 38.2 Å². The van der Waals surface area contributed by atoms with E-state index >= 15 is 0 Å². The summed E-state index contributed by atoms with van der Waals surface area (Å²) in [5.74, 6) is 0. The van der Waals surface area contributed by atoms with Crippen molar-refractivity contribution in [3.8, 4) is 0 Å². The number of rotatable bonds is 3. The molecule has 122 valence electrons. The molecule has 1 N–H and O–H groups in total. The molecular formula is C16H25N3O2S. The Balaban J connectivity index is 1.37. The molecule has 5 nitrogen and oxygen atoms in total. The number of anilines is 1. The topological polar surface area (TPSA) is 46.6 Å². The third-order valence-electron chi connectivity index (χ3n) is 5.25. The third kappa shape index (κ3) is 3.15. The molecule has 0 amide bonds. The number of piperidine rings is 1. The van der Waals surface area contributed by atoms with Crippen molar-refractivity contribution in [3.05, 3.63) is 11.6 Å². The predicted octanol–water partition coefficient (Wildman–Crippen LogP) is 2.36. The maximum atomic E-state index is 6.31. The molecule has 1 aromatic rings. The van der Waals surface area contributed by atoms with Crippen LogP contribution in [0.1, 0.15) is 32.1 Å². The molecule has 1 aromatic heterocycles. The van der Waals surface area contributed by atoms with E-state index in [1.54, 1.807) is 11.3 Å². The molecule has 0 aromatic carbocycles. The van der Waals surface area contributed by atoms with Crippen LogP contribution < -0.4 is 5.32 Å². The summed E-state index contributed by atoms with van der Waals surface area (Å²) >= 11 is 1.67. The lowest BCUT2D eigenvalue weighted by Gasteiger charge is -2.44. The van der Waals surface area contributed by atoms with Crippen LogP contribution in [0.25, 0.3) is 0 Å². The van der Waals surface area contributed by atoms with Crippen molar-refractivity contribution in [2.24, 2.45) is 0 Å². The molecule has 4 heterocycles. The molecule has 4 rings (SSSR count). The highest BCUT2D eigenvalue weighted by atomic mass is 32.1. The second-order valence-corrected chi connectivity index (χ2v) is 7.69. The van der Waals surface area contributed by atoms with Gasteiger partial charge in [-0.05, 0) is 32.2 Å². The normalized spacial score (nSPS) is 34.3. The van der Waals surface area contributed by atoms with Gasteiger partial charge >= 0.3 is 0 Å². The maximum Gasteiger partial charge on any atom is 0.182 e. The van der Waals surface area contributed by atoms with E-state index < -0.39 is 0 Å². The van der Waals surface area contributed by atoms with Gasteiger partial charge in [0.15, 0.2) is 5.13 Å². The van der Waals surface area contributed by atoms with E-state index in [1.165, 1.54) is 32.2 Å². The Labute approximate surface area is 136 Å². The minimum absolute atomic E-state index is 0.0610. The molecule has 3 aliphatic heterocycles. The van der Waals surface area contributed by atoms with Crippen LogP contribution in [0.4, 0.5) is 5.13 Å². The van der Waals surface area contributed by atoms with Gasteiger partial charge in [0, 0.05) is 43.8 Å². The number of thiazole rings is 1. The molecule has 2 unspecified atom stereocenters. The minimum Gasteiger partial charge on any atom is -0.381 e. The van der Waals surface area contributed by atoms with Crippen LogP contribution in [0, 0.1) is 0 Å². The smallest absolute Gasteiger partial charge is 0.182 e. The van der Waals surface area contributed by atoms with Crippen LogP contribution in [0.2, 0.25) is 0 Å². The van der Waals surface area contributed by atoms with Gasteiger partial charge < -0.3 is 14.8 Å². The molecule has 0 aliphatic carbocycles. The lowest BCUT2D eigenvalue weighted by Crippen LogP contribution is -2.53. The van der Waals surface area contributed by atoms with Gasteiger partial charge in [0.1, 0.15) is 0 Å². The van der Waals surface area contributed by atoms with Gasteiger partial charge in [-0.3, -0.25) is 4.90 Å². The molecule has 0 bridgehead atoms. The number of likely N-dealkylation sites (tertiary alicyclic amines) is 1. The molecule has 3 saturated heterocycles. The van der Waals surface area contributed by atoms with E-state index in [2.05, 4.69) is 15.2 Å². The van der Waals surface area contributed by atoms with Gasteiger partial charge in [-0.2, -0.15) is 0 Å². The highest BCUT2D eigenvalue weighted by Gasteiger charge is 2.44. The lowest BCUT2D eigenvalue weighted by molar-refractivity contribution is -0.0741. The number of nitrogens with one attached hydrogen (secondary N) is 1. The van der Waals surface area contributed by atoms with Gasteiger partial charge in [-0.1, -0.05) is 0 Å². The van der Waals surface area contributed by atoms with Gasteiger partial charge in [0.25, 0.3) is 0 Å². The van der Waals surface area contributed by atoms with Crippen LogP contribution in [-0.4, -0.2) is 60.5 Å². The average molecular weight is 323 g/mol. The quantitative estimate of drug-likeness (QED) is 0.925. The van der Waals surface area contributed by atoms with Crippen LogP contribution in [0.15, 0.2) is 11.6 Å². The fourth-order valence-electron chi connectivity index (χ4n) is 4.19. The monoisotopic (exact) mass is 323 g/mol. The third-order valence-corrected chi connectivity index (χ3v) is 5.95. The van der Waals surface area contributed by atoms with Gasteiger partial charge in [0.05, 0.1) is 18.2 Å². The van der Waals surface area contributed by atoms with E-state index in [9.17, 15) is 0 Å². The Kier molecular flexibility index (Phi) is 4.35. The summed E-state index contributed by atoms with van der Waals surface area (Å²) in [5, 5.41) is 6.56. The highest BCUT2D eigenvalue weighted by Crippen LogP contribution is 2.37. The summed E-state index contributed by atoms with van der Waals surface area (Å²) < 4.78 is 11.8. The first kappa shape index (κ1) is 14.9. The SMILES string of the molecule is c1csc(NC2COC3(CCCN(C4CCOCC4)C3)C2)n1. The van der Waals surface area contributed by atoms with Gasteiger partial charge in [0.2, 0.25) is 0 Å². The van der Waals surface area contributed by atoms with E-state index in [-0.39, 0.29) is 5.60 Å². The van der Waals surface area contributed by atoms with Crippen LogP contribution in [-0.2, 0) is 9.47 Å². The first-order valence-electron chi connectivity index (χ1n) is 8.45. The zero-order chi connectivity index (χ0) is 14.8. The molecular weight excluding hydrogens is 298 g/mol. The van der Waals surface area contributed by atoms with E-state index in [1.807, 2.05) is 11.6 Å². The number of hydrogen-bond donors (Lipinski definition) is 1. The minimum atomic E-state index is 0.0610. The van der Waals surface area contributed by atoms with Crippen molar-refractivity contribution in [1.29, 1.82) is 0 Å². The summed E-state index contributed by atoms with van der Waals surface area (Å²) in [6.07, 6.45) is 7.76. The summed E-state index contributed by atoms with van der Waals surface area (Å²) in [7, 11) is 0. The van der Waals surface area contributed by atoms with Crippen molar-refractivity contribution < 1.29 is 9.47 Å². The Morgan fingerprint density at radius 3 is 3.09 bits per heavy atom. The molecule has 0 radical (unpaired) electrons. The zero-order valence-corrected chi connectivity index (χ0v) is 13.8. The Bertz CT molecular complexity index is 478. The first-order valence-corrected chi connectivity index (χ1v) is 9.33.